The number of benzene rings is 1. The highest BCUT2D eigenvalue weighted by molar-refractivity contribution is 9.10. The molecule has 1 aromatic carbocycles. The SMILES string of the molecule is CCOC(=O)N1CCN(S(=O)(=O)c2cc(Br)ccc2OCC)CC1. The fourth-order valence-corrected chi connectivity index (χ4v) is 4.52. The van der Waals surface area contributed by atoms with Gasteiger partial charge in [-0.05, 0) is 32.0 Å². The first kappa shape index (κ1) is 19.0. The van der Waals surface area contributed by atoms with E-state index in [1.165, 1.54) is 15.3 Å². The summed E-state index contributed by atoms with van der Waals surface area (Å²) in [5, 5.41) is 0. The molecule has 1 aliphatic heterocycles. The van der Waals surface area contributed by atoms with Crippen molar-refractivity contribution in [2.45, 2.75) is 18.7 Å². The van der Waals surface area contributed by atoms with Crippen molar-refractivity contribution in [2.24, 2.45) is 0 Å². The van der Waals surface area contributed by atoms with E-state index < -0.39 is 16.1 Å². The number of rotatable bonds is 5. The second kappa shape index (κ2) is 8.17. The zero-order chi connectivity index (χ0) is 17.7. The monoisotopic (exact) mass is 420 g/mol. The summed E-state index contributed by atoms with van der Waals surface area (Å²) in [5.74, 6) is 0.327. The minimum absolute atomic E-state index is 0.128. The van der Waals surface area contributed by atoms with Crippen LogP contribution in [0.2, 0.25) is 0 Å². The lowest BCUT2D eigenvalue weighted by atomic mass is 10.3. The normalized spacial score (nSPS) is 16.0. The highest BCUT2D eigenvalue weighted by Gasteiger charge is 2.32. The van der Waals surface area contributed by atoms with E-state index in [0.29, 0.717) is 36.5 Å². The lowest BCUT2D eigenvalue weighted by molar-refractivity contribution is 0.0933. The maximum atomic E-state index is 12.9. The third-order valence-electron chi connectivity index (χ3n) is 3.59. The number of carbonyl (C=O) groups is 1. The Bertz CT molecular complexity index is 687. The Balaban J connectivity index is 2.18. The molecule has 24 heavy (non-hydrogen) atoms. The van der Waals surface area contributed by atoms with Crippen molar-refractivity contribution in [1.82, 2.24) is 9.21 Å². The van der Waals surface area contributed by atoms with Crippen LogP contribution in [0, 0.1) is 0 Å². The van der Waals surface area contributed by atoms with Gasteiger partial charge in [0, 0.05) is 30.7 Å². The smallest absolute Gasteiger partial charge is 0.409 e. The van der Waals surface area contributed by atoms with Crippen molar-refractivity contribution in [1.29, 1.82) is 0 Å². The first-order valence-electron chi connectivity index (χ1n) is 7.74. The standard InChI is InChI=1S/C15H21BrN2O5S/c1-3-22-13-6-5-12(16)11-14(13)24(20,21)18-9-7-17(8-10-18)15(19)23-4-2/h5-6,11H,3-4,7-10H2,1-2H3. The van der Waals surface area contributed by atoms with Gasteiger partial charge in [0.2, 0.25) is 10.0 Å². The molecule has 1 aromatic rings. The topological polar surface area (TPSA) is 76.2 Å². The molecule has 0 aromatic heterocycles. The zero-order valence-electron chi connectivity index (χ0n) is 13.7. The van der Waals surface area contributed by atoms with Crippen LogP contribution >= 0.6 is 15.9 Å². The number of piperazine rings is 1. The lowest BCUT2D eigenvalue weighted by Crippen LogP contribution is -2.50. The Kier molecular flexibility index (Phi) is 6.47. The second-order valence-corrected chi connectivity index (χ2v) is 7.94. The van der Waals surface area contributed by atoms with Gasteiger partial charge in [-0.1, -0.05) is 15.9 Å². The van der Waals surface area contributed by atoms with Crippen LogP contribution in [0.5, 0.6) is 5.75 Å². The molecule has 0 spiro atoms. The third kappa shape index (κ3) is 4.20. The van der Waals surface area contributed by atoms with E-state index in [1.54, 1.807) is 26.0 Å². The van der Waals surface area contributed by atoms with Crippen LogP contribution in [0.1, 0.15) is 13.8 Å². The second-order valence-electron chi connectivity index (χ2n) is 5.11. The van der Waals surface area contributed by atoms with Gasteiger partial charge >= 0.3 is 6.09 Å². The molecule has 0 N–H and O–H groups in total. The summed E-state index contributed by atoms with van der Waals surface area (Å²) in [4.78, 5) is 13.4. The van der Waals surface area contributed by atoms with E-state index in [4.69, 9.17) is 9.47 Å². The van der Waals surface area contributed by atoms with Crippen molar-refractivity contribution < 1.29 is 22.7 Å². The average molecular weight is 421 g/mol. The molecule has 0 atom stereocenters. The van der Waals surface area contributed by atoms with E-state index in [-0.39, 0.29) is 18.0 Å². The van der Waals surface area contributed by atoms with E-state index in [0.717, 1.165) is 0 Å². The van der Waals surface area contributed by atoms with Gasteiger partial charge in [-0.15, -0.1) is 0 Å². The maximum absolute atomic E-state index is 12.9. The summed E-state index contributed by atoms with van der Waals surface area (Å²) in [5.41, 5.74) is 0. The first-order chi connectivity index (χ1) is 11.4. The van der Waals surface area contributed by atoms with Crippen molar-refractivity contribution >= 4 is 32.0 Å². The molecule has 1 fully saturated rings. The summed E-state index contributed by atoms with van der Waals surface area (Å²) < 4.78 is 38.3. The van der Waals surface area contributed by atoms with Crippen LogP contribution in [0.3, 0.4) is 0 Å². The molecule has 0 aliphatic carbocycles. The minimum atomic E-state index is -3.70. The molecule has 134 valence electrons. The fraction of sp³-hybridized carbons (Fsp3) is 0.533. The molecule has 0 bridgehead atoms. The van der Waals surface area contributed by atoms with Crippen LogP contribution in [-0.2, 0) is 14.8 Å². The first-order valence-corrected chi connectivity index (χ1v) is 9.97. The molecule has 7 nitrogen and oxygen atoms in total. The van der Waals surface area contributed by atoms with E-state index in [1.807, 2.05) is 0 Å². The van der Waals surface area contributed by atoms with Gasteiger partial charge in [0.1, 0.15) is 10.6 Å². The highest BCUT2D eigenvalue weighted by atomic mass is 79.9. The van der Waals surface area contributed by atoms with Crippen LogP contribution in [0.4, 0.5) is 4.79 Å². The molecule has 0 unspecified atom stereocenters. The van der Waals surface area contributed by atoms with Gasteiger partial charge < -0.3 is 14.4 Å². The predicted molar refractivity (Wildman–Crippen MR) is 92.7 cm³/mol. The number of halogens is 1. The fourth-order valence-electron chi connectivity index (χ4n) is 2.42. The number of nitrogens with zero attached hydrogens (tertiary/aromatic N) is 2. The molecular formula is C15H21BrN2O5S. The number of amides is 1. The predicted octanol–water partition coefficient (Wildman–Crippen LogP) is 2.31. The summed E-state index contributed by atoms with van der Waals surface area (Å²) in [6.07, 6.45) is -0.410. The molecule has 0 saturated carbocycles. The Morgan fingerprint density at radius 3 is 2.42 bits per heavy atom. The molecule has 1 amide bonds. The number of hydrogen-bond acceptors (Lipinski definition) is 5. The largest absolute Gasteiger partial charge is 0.492 e. The molecule has 0 radical (unpaired) electrons. The molecule has 9 heteroatoms. The number of sulfonamides is 1. The van der Waals surface area contributed by atoms with Crippen LogP contribution < -0.4 is 4.74 Å². The summed E-state index contributed by atoms with van der Waals surface area (Å²) >= 11 is 3.30. The number of hydrogen-bond donors (Lipinski definition) is 0. The summed E-state index contributed by atoms with van der Waals surface area (Å²) in [6, 6.07) is 4.91. The zero-order valence-corrected chi connectivity index (χ0v) is 16.1. The van der Waals surface area contributed by atoms with Crippen LogP contribution in [0.15, 0.2) is 27.6 Å². The molecular weight excluding hydrogens is 400 g/mol. The molecule has 1 saturated heterocycles. The van der Waals surface area contributed by atoms with Crippen LogP contribution in [-0.4, -0.2) is 63.1 Å². The Labute approximate surface area is 150 Å². The maximum Gasteiger partial charge on any atom is 0.409 e. The quantitative estimate of drug-likeness (QED) is 0.730. The number of carbonyl (C=O) groups excluding carboxylic acids is 1. The van der Waals surface area contributed by atoms with Crippen molar-refractivity contribution in [3.63, 3.8) is 0 Å². The van der Waals surface area contributed by atoms with Gasteiger partial charge in [0.15, 0.2) is 0 Å². The van der Waals surface area contributed by atoms with Crippen molar-refractivity contribution in [3.05, 3.63) is 22.7 Å². The third-order valence-corrected chi connectivity index (χ3v) is 6.00. The Morgan fingerprint density at radius 2 is 1.83 bits per heavy atom. The average Bonchev–Trinajstić information content (AvgIpc) is 2.57. The van der Waals surface area contributed by atoms with E-state index in [2.05, 4.69) is 15.9 Å². The van der Waals surface area contributed by atoms with E-state index in [9.17, 15) is 13.2 Å². The highest BCUT2D eigenvalue weighted by Crippen LogP contribution is 2.30. The summed E-state index contributed by atoms with van der Waals surface area (Å²) in [7, 11) is -3.70. The van der Waals surface area contributed by atoms with Gasteiger partial charge in [-0.3, -0.25) is 0 Å². The minimum Gasteiger partial charge on any atom is -0.492 e. The van der Waals surface area contributed by atoms with Gasteiger partial charge in [0.25, 0.3) is 0 Å². The number of ether oxygens (including phenoxy) is 2. The van der Waals surface area contributed by atoms with Gasteiger partial charge in [0.05, 0.1) is 13.2 Å². The van der Waals surface area contributed by atoms with E-state index >= 15 is 0 Å². The lowest BCUT2D eigenvalue weighted by Gasteiger charge is -2.33. The Hall–Kier alpha value is -1.32. The van der Waals surface area contributed by atoms with Crippen molar-refractivity contribution in [2.75, 3.05) is 39.4 Å². The molecule has 2 rings (SSSR count). The molecule has 1 aliphatic rings. The van der Waals surface area contributed by atoms with Crippen LogP contribution in [0.25, 0.3) is 0 Å². The Morgan fingerprint density at radius 1 is 1.17 bits per heavy atom. The molecule has 1 heterocycles. The summed E-state index contributed by atoms with van der Waals surface area (Å²) in [6.45, 7) is 5.26. The van der Waals surface area contributed by atoms with Crippen molar-refractivity contribution in [3.8, 4) is 5.75 Å². The van der Waals surface area contributed by atoms with Gasteiger partial charge in [-0.2, -0.15) is 4.31 Å². The van der Waals surface area contributed by atoms with Gasteiger partial charge in [-0.25, -0.2) is 13.2 Å².